The monoisotopic (exact) mass is 231 g/mol. The Labute approximate surface area is 92.4 Å². The fraction of sp³-hybridized carbons (Fsp3) is 0.571. The molecule has 0 N–H and O–H groups in total. The van der Waals surface area contributed by atoms with Gasteiger partial charge >= 0.3 is 0 Å². The van der Waals surface area contributed by atoms with Crippen LogP contribution in [0.4, 0.5) is 0 Å². The van der Waals surface area contributed by atoms with E-state index < -0.39 is 0 Å². The van der Waals surface area contributed by atoms with Crippen molar-refractivity contribution in [1.82, 2.24) is 4.90 Å². The van der Waals surface area contributed by atoms with Crippen molar-refractivity contribution in [2.45, 2.75) is 14.4 Å². The zero-order chi connectivity index (χ0) is 7.02. The van der Waals surface area contributed by atoms with Crippen LogP contribution < -0.4 is 0 Å². The molecule has 2 amide bonds. The number of hydrogen-bond acceptors (Lipinski definition) is 2. The quantitative estimate of drug-likeness (QED) is 0.448. The molecule has 4 heteroatoms. The number of nitrogens with zero attached hydrogens (tertiary/aromatic N) is 1. The van der Waals surface area contributed by atoms with E-state index in [-0.39, 0.29) is 57.9 Å². The third-order valence-corrected chi connectivity index (χ3v) is 1.44. The molecule has 1 atom stereocenters. The second-order valence-corrected chi connectivity index (χ2v) is 2.19. The molecule has 1 aliphatic heterocycles. The van der Waals surface area contributed by atoms with Gasteiger partial charge in [-0.15, -0.1) is 0 Å². The van der Waals surface area contributed by atoms with E-state index >= 15 is 0 Å². The number of likely N-dealkylation sites (tertiary alicyclic amines) is 1. The Hall–Kier alpha value is 0.114. The van der Waals surface area contributed by atoms with E-state index in [0.29, 0.717) is 0 Å². The van der Waals surface area contributed by atoms with Crippen molar-refractivity contribution in [3.8, 4) is 0 Å². The van der Waals surface area contributed by atoms with Gasteiger partial charge in [0.2, 0.25) is 5.91 Å². The first-order valence-corrected chi connectivity index (χ1v) is 2.79. The maximum atomic E-state index is 10.8. The van der Waals surface area contributed by atoms with Gasteiger partial charge in [0, 0.05) is 39.8 Å². The van der Waals surface area contributed by atoms with Crippen molar-refractivity contribution in [3.05, 3.63) is 6.42 Å². The van der Waals surface area contributed by atoms with Gasteiger partial charge < -0.3 is 9.69 Å². The summed E-state index contributed by atoms with van der Waals surface area (Å²) in [5.74, 6) is -0.519. The van der Waals surface area contributed by atoms with E-state index in [0.717, 1.165) is 4.90 Å². The van der Waals surface area contributed by atoms with Gasteiger partial charge in [-0.2, -0.15) is 0 Å². The van der Waals surface area contributed by atoms with E-state index in [1.165, 1.54) is 13.5 Å². The summed E-state index contributed by atoms with van der Waals surface area (Å²) in [6, 6.07) is 0. The smallest absolute Gasteiger partial charge is 0.202 e. The molecule has 1 saturated heterocycles. The van der Waals surface area contributed by atoms with Gasteiger partial charge in [-0.1, -0.05) is 20.3 Å². The first-order valence-electron chi connectivity index (χ1n) is 2.79. The Morgan fingerprint density at radius 2 is 1.91 bits per heavy atom. The molecule has 0 aliphatic carbocycles. The summed E-state index contributed by atoms with van der Waals surface area (Å²) in [6.07, 6.45) is 1.42. The fourth-order valence-corrected chi connectivity index (χ4v) is 0.811. The Balaban J connectivity index is 0. The van der Waals surface area contributed by atoms with Crippen LogP contribution in [0.15, 0.2) is 0 Å². The second kappa shape index (κ2) is 4.88. The molecular weight excluding hydrogens is 219 g/mol. The van der Waals surface area contributed by atoms with Crippen molar-refractivity contribution in [3.63, 3.8) is 0 Å². The Morgan fingerprint density at radius 3 is 2.00 bits per heavy atom. The van der Waals surface area contributed by atoms with Crippen LogP contribution in [0.25, 0.3) is 0 Å². The molecule has 0 bridgehead atoms. The summed E-state index contributed by atoms with van der Waals surface area (Å²) >= 11 is 0. The third-order valence-electron chi connectivity index (χ3n) is 1.44. The van der Waals surface area contributed by atoms with Gasteiger partial charge in [-0.3, -0.25) is 11.2 Å². The van der Waals surface area contributed by atoms with E-state index in [1.807, 2.05) is 0 Å². The summed E-state index contributed by atoms with van der Waals surface area (Å²) in [5, 5.41) is 0. The predicted molar refractivity (Wildman–Crippen MR) is 38.0 cm³/mol. The number of rotatable bonds is 0. The predicted octanol–water partition coefficient (Wildman–Crippen LogP) is 0.459. The summed E-state index contributed by atoms with van der Waals surface area (Å²) in [6.45, 7) is 1.71. The fourth-order valence-electron chi connectivity index (χ4n) is 0.811. The molecular formula is C7H12NO2Y-. The van der Waals surface area contributed by atoms with E-state index in [1.54, 1.807) is 6.92 Å². The second-order valence-electron chi connectivity index (χ2n) is 2.19. The molecule has 1 heterocycles. The number of carbonyl (C=O) groups is 2. The zero-order valence-corrected chi connectivity index (χ0v) is 8.83. The molecule has 1 radical (unpaired) electrons. The van der Waals surface area contributed by atoms with Gasteiger partial charge in [0.15, 0.2) is 0 Å². The first-order chi connectivity index (χ1) is 4.13. The van der Waals surface area contributed by atoms with Crippen molar-refractivity contribution >= 4 is 11.8 Å². The van der Waals surface area contributed by atoms with E-state index in [2.05, 4.69) is 0 Å². The van der Waals surface area contributed by atoms with Gasteiger partial charge in [0.05, 0.1) is 5.91 Å². The van der Waals surface area contributed by atoms with Crippen LogP contribution in [0.5, 0.6) is 0 Å². The molecule has 3 nitrogen and oxygen atoms in total. The zero-order valence-electron chi connectivity index (χ0n) is 6.00. The number of hydrogen-bond donors (Lipinski definition) is 0. The maximum Gasteiger partial charge on any atom is 0.202 e. The van der Waals surface area contributed by atoms with Crippen molar-refractivity contribution < 1.29 is 42.3 Å². The number of amides is 2. The average Bonchev–Trinajstić information content (AvgIpc) is 1.98. The van der Waals surface area contributed by atoms with Crippen LogP contribution in [-0.4, -0.2) is 23.8 Å². The minimum atomic E-state index is -0.220. The van der Waals surface area contributed by atoms with Crippen LogP contribution in [0, 0.1) is 12.3 Å². The van der Waals surface area contributed by atoms with Gasteiger partial charge in [0.25, 0.3) is 0 Å². The van der Waals surface area contributed by atoms with Crippen LogP contribution >= 0.6 is 0 Å². The van der Waals surface area contributed by atoms with Crippen LogP contribution in [-0.2, 0) is 42.3 Å². The summed E-state index contributed by atoms with van der Waals surface area (Å²) in [4.78, 5) is 22.6. The first kappa shape index (κ1) is 13.7. The topological polar surface area (TPSA) is 37.4 Å². The summed E-state index contributed by atoms with van der Waals surface area (Å²) in [7, 11) is 1.49. The van der Waals surface area contributed by atoms with Crippen LogP contribution in [0.1, 0.15) is 14.4 Å². The van der Waals surface area contributed by atoms with Gasteiger partial charge in [0.1, 0.15) is 0 Å². The normalized spacial score (nSPS) is 22.0. The molecule has 0 saturated carbocycles. The Bertz CT molecular complexity index is 170. The molecule has 1 aliphatic rings. The Kier molecular flexibility index (Phi) is 6.08. The molecule has 0 spiro atoms. The minimum Gasteiger partial charge on any atom is -0.313 e. The molecule has 0 aromatic heterocycles. The number of imide groups is 1. The van der Waals surface area contributed by atoms with E-state index in [4.69, 9.17) is 0 Å². The molecule has 0 aromatic carbocycles. The average molecular weight is 231 g/mol. The maximum absolute atomic E-state index is 10.8. The summed E-state index contributed by atoms with van der Waals surface area (Å²) < 4.78 is 0. The molecule has 1 fully saturated rings. The van der Waals surface area contributed by atoms with Gasteiger partial charge in [-0.25, -0.2) is 0 Å². The SMILES string of the molecule is C.CC1[CH-]C(=O)N(C)C1=O.[Y]. The summed E-state index contributed by atoms with van der Waals surface area (Å²) in [5.41, 5.74) is 0. The van der Waals surface area contributed by atoms with Crippen LogP contribution in [0.2, 0.25) is 0 Å². The standard InChI is InChI=1S/C6H8NO2.CH4.Y/c1-4-3-5(8)7(2)6(4)9;;/h3-4H,1-2H3;1H4;/q-1;;. The molecule has 61 valence electrons. The largest absolute Gasteiger partial charge is 0.313 e. The molecule has 0 aromatic rings. The van der Waals surface area contributed by atoms with Gasteiger partial charge in [-0.05, 0) is 0 Å². The van der Waals surface area contributed by atoms with Crippen molar-refractivity contribution in [1.29, 1.82) is 0 Å². The molecule has 11 heavy (non-hydrogen) atoms. The van der Waals surface area contributed by atoms with Crippen molar-refractivity contribution in [2.24, 2.45) is 5.92 Å². The molecule has 1 unspecified atom stereocenters. The minimum absolute atomic E-state index is 0. The Morgan fingerprint density at radius 1 is 1.45 bits per heavy atom. The third kappa shape index (κ3) is 2.56. The molecule has 1 rings (SSSR count). The van der Waals surface area contributed by atoms with E-state index in [9.17, 15) is 9.59 Å². The van der Waals surface area contributed by atoms with Crippen LogP contribution in [0.3, 0.4) is 0 Å². The number of carbonyl (C=O) groups excluding carboxylic acids is 2. The van der Waals surface area contributed by atoms with Crippen molar-refractivity contribution in [2.75, 3.05) is 7.05 Å².